The first-order valence-electron chi connectivity index (χ1n) is 5.06. The lowest BCUT2D eigenvalue weighted by Gasteiger charge is -2.08. The minimum atomic E-state index is -0.600. The largest absolute Gasteiger partial charge is 0.496 e. The highest BCUT2D eigenvalue weighted by molar-refractivity contribution is 7.08. The fourth-order valence-electron chi connectivity index (χ4n) is 1.58. The van der Waals surface area contributed by atoms with Gasteiger partial charge in [-0.1, -0.05) is 0 Å². The van der Waals surface area contributed by atoms with Crippen molar-refractivity contribution in [2.24, 2.45) is 5.11 Å². The minimum Gasteiger partial charge on any atom is -0.496 e. The number of carbonyl (C=O) groups excluding carboxylic acids is 1. The lowest BCUT2D eigenvalue weighted by Crippen LogP contribution is -1.95. The lowest BCUT2D eigenvalue weighted by molar-refractivity contribution is 0.100. The van der Waals surface area contributed by atoms with E-state index in [1.165, 1.54) is 0 Å². The second-order valence-corrected chi connectivity index (χ2v) is 4.20. The summed E-state index contributed by atoms with van der Waals surface area (Å²) in [4.78, 5) is 14.0. The molecule has 2 aromatic rings. The van der Waals surface area contributed by atoms with Crippen molar-refractivity contribution in [3.63, 3.8) is 0 Å². The number of carbonyl (C=O) groups is 1. The van der Waals surface area contributed by atoms with E-state index in [1.54, 1.807) is 36.6 Å². The number of benzene rings is 1. The fraction of sp³-hybridized carbons (Fsp3) is 0.0833. The average Bonchev–Trinajstić information content (AvgIpc) is 2.92. The second-order valence-electron chi connectivity index (χ2n) is 3.42. The Morgan fingerprint density at radius 3 is 2.89 bits per heavy atom. The van der Waals surface area contributed by atoms with Gasteiger partial charge >= 0.3 is 0 Å². The number of azide groups is 1. The topological polar surface area (TPSA) is 75.1 Å². The number of hydrogen-bond acceptors (Lipinski definition) is 3. The summed E-state index contributed by atoms with van der Waals surface area (Å²) in [6, 6.07) is 6.86. The molecule has 0 saturated heterocycles. The predicted octanol–water partition coefficient (Wildman–Crippen LogP) is 3.87. The Morgan fingerprint density at radius 1 is 1.44 bits per heavy atom. The van der Waals surface area contributed by atoms with Gasteiger partial charge < -0.3 is 4.74 Å². The molecule has 0 aliphatic heterocycles. The van der Waals surface area contributed by atoms with Crippen LogP contribution in [0.1, 0.15) is 10.4 Å². The SMILES string of the molecule is COc1ccc(C(=O)N=[N+]=[N-])cc1-c1ccsc1. The van der Waals surface area contributed by atoms with Crippen LogP contribution in [0.2, 0.25) is 0 Å². The van der Waals surface area contributed by atoms with Gasteiger partial charge in [0.1, 0.15) is 5.75 Å². The number of nitrogens with zero attached hydrogens (tertiary/aromatic N) is 3. The number of methoxy groups -OCH3 is 1. The van der Waals surface area contributed by atoms with Gasteiger partial charge in [-0.15, -0.1) is 0 Å². The van der Waals surface area contributed by atoms with Crippen LogP contribution < -0.4 is 4.74 Å². The van der Waals surface area contributed by atoms with Gasteiger partial charge in [-0.3, -0.25) is 4.79 Å². The molecule has 2 rings (SSSR count). The molecule has 5 nitrogen and oxygen atoms in total. The summed E-state index contributed by atoms with van der Waals surface area (Å²) >= 11 is 1.56. The molecule has 1 aromatic heterocycles. The Kier molecular flexibility index (Phi) is 3.62. The molecular weight excluding hydrogens is 250 g/mol. The van der Waals surface area contributed by atoms with E-state index < -0.39 is 5.91 Å². The van der Waals surface area contributed by atoms with Crippen molar-refractivity contribution in [3.05, 3.63) is 51.0 Å². The molecule has 0 N–H and O–H groups in total. The molecule has 0 unspecified atom stereocenters. The van der Waals surface area contributed by atoms with Gasteiger partial charge in [-0.25, -0.2) is 0 Å². The van der Waals surface area contributed by atoms with Crippen molar-refractivity contribution in [2.75, 3.05) is 7.11 Å². The molecule has 0 spiro atoms. The van der Waals surface area contributed by atoms with Crippen molar-refractivity contribution >= 4 is 17.2 Å². The van der Waals surface area contributed by atoms with Crippen LogP contribution in [0.3, 0.4) is 0 Å². The molecule has 90 valence electrons. The first kappa shape index (κ1) is 12.2. The zero-order valence-electron chi connectivity index (χ0n) is 9.53. The van der Waals surface area contributed by atoms with Gasteiger partial charge in [-0.2, -0.15) is 11.3 Å². The molecular formula is C12H9N3O2S. The van der Waals surface area contributed by atoms with Crippen LogP contribution in [0.4, 0.5) is 0 Å². The third-order valence-corrected chi connectivity index (χ3v) is 3.10. The monoisotopic (exact) mass is 259 g/mol. The van der Waals surface area contributed by atoms with Gasteiger partial charge in [0, 0.05) is 16.0 Å². The van der Waals surface area contributed by atoms with E-state index in [2.05, 4.69) is 10.0 Å². The maximum Gasteiger partial charge on any atom is 0.249 e. The Labute approximate surface area is 107 Å². The highest BCUT2D eigenvalue weighted by Crippen LogP contribution is 2.32. The van der Waals surface area contributed by atoms with Crippen molar-refractivity contribution in [1.82, 2.24) is 0 Å². The van der Waals surface area contributed by atoms with Gasteiger partial charge in [-0.05, 0) is 51.2 Å². The highest BCUT2D eigenvalue weighted by atomic mass is 32.1. The van der Waals surface area contributed by atoms with Gasteiger partial charge in [0.2, 0.25) is 5.91 Å². The van der Waals surface area contributed by atoms with Crippen molar-refractivity contribution < 1.29 is 9.53 Å². The normalized spacial score (nSPS) is 9.61. The van der Waals surface area contributed by atoms with E-state index in [-0.39, 0.29) is 0 Å². The van der Waals surface area contributed by atoms with Gasteiger partial charge in [0.05, 0.1) is 7.11 Å². The number of amides is 1. The molecule has 6 heteroatoms. The van der Waals surface area contributed by atoms with Crippen LogP contribution in [-0.2, 0) is 0 Å². The molecule has 0 aliphatic carbocycles. The number of thiophene rings is 1. The van der Waals surface area contributed by atoms with Crippen LogP contribution in [0.5, 0.6) is 5.75 Å². The second kappa shape index (κ2) is 5.35. The summed E-state index contributed by atoms with van der Waals surface area (Å²) in [5.41, 5.74) is 10.4. The molecule has 0 fully saturated rings. The molecule has 1 heterocycles. The van der Waals surface area contributed by atoms with Crippen LogP contribution >= 0.6 is 11.3 Å². The number of ether oxygens (including phenoxy) is 1. The minimum absolute atomic E-state index is 0.342. The molecule has 0 atom stereocenters. The van der Waals surface area contributed by atoms with E-state index in [9.17, 15) is 4.79 Å². The van der Waals surface area contributed by atoms with E-state index in [0.717, 1.165) is 11.1 Å². The summed E-state index contributed by atoms with van der Waals surface area (Å²) in [6.45, 7) is 0. The molecule has 0 saturated carbocycles. The highest BCUT2D eigenvalue weighted by Gasteiger charge is 2.10. The Morgan fingerprint density at radius 2 is 2.28 bits per heavy atom. The number of hydrogen-bond donors (Lipinski definition) is 0. The average molecular weight is 259 g/mol. The first-order valence-corrected chi connectivity index (χ1v) is 6.00. The molecule has 18 heavy (non-hydrogen) atoms. The zero-order chi connectivity index (χ0) is 13.0. The van der Waals surface area contributed by atoms with Gasteiger partial charge in [0.15, 0.2) is 0 Å². The first-order chi connectivity index (χ1) is 8.76. The quantitative estimate of drug-likeness (QED) is 0.476. The summed E-state index contributed by atoms with van der Waals surface area (Å²) in [7, 11) is 1.57. The van der Waals surface area contributed by atoms with Crippen LogP contribution in [0.15, 0.2) is 40.1 Å². The fourth-order valence-corrected chi connectivity index (χ4v) is 2.24. The summed E-state index contributed by atoms with van der Waals surface area (Å²) < 4.78 is 5.25. The van der Waals surface area contributed by atoms with E-state index >= 15 is 0 Å². The summed E-state index contributed by atoms with van der Waals surface area (Å²) in [6.07, 6.45) is 0. The molecule has 0 aliphatic rings. The standard InChI is InChI=1S/C12H9N3O2S/c1-17-11-3-2-8(12(16)14-15-13)6-10(11)9-4-5-18-7-9/h2-7H,1H3. The zero-order valence-corrected chi connectivity index (χ0v) is 10.3. The van der Waals surface area contributed by atoms with Crippen molar-refractivity contribution in [1.29, 1.82) is 0 Å². The van der Waals surface area contributed by atoms with E-state index in [4.69, 9.17) is 10.3 Å². The van der Waals surface area contributed by atoms with Crippen molar-refractivity contribution in [3.8, 4) is 16.9 Å². The van der Waals surface area contributed by atoms with Crippen LogP contribution in [0.25, 0.3) is 21.6 Å². The van der Waals surface area contributed by atoms with Crippen molar-refractivity contribution in [2.45, 2.75) is 0 Å². The lowest BCUT2D eigenvalue weighted by atomic mass is 10.0. The predicted molar refractivity (Wildman–Crippen MR) is 69.8 cm³/mol. The smallest absolute Gasteiger partial charge is 0.249 e. The summed E-state index contributed by atoms with van der Waals surface area (Å²) in [5, 5.41) is 6.98. The molecule has 1 amide bonds. The number of rotatable bonds is 3. The Balaban J connectivity index is 2.52. The van der Waals surface area contributed by atoms with Crippen LogP contribution in [0, 0.1) is 0 Å². The van der Waals surface area contributed by atoms with E-state index in [0.29, 0.717) is 11.3 Å². The van der Waals surface area contributed by atoms with E-state index in [1.807, 2.05) is 16.8 Å². The molecule has 0 radical (unpaired) electrons. The molecule has 0 bridgehead atoms. The maximum absolute atomic E-state index is 11.5. The summed E-state index contributed by atoms with van der Waals surface area (Å²) in [5.74, 6) is 0.0718. The van der Waals surface area contributed by atoms with Gasteiger partial charge in [0.25, 0.3) is 0 Å². The Hall–Kier alpha value is -2.30. The maximum atomic E-state index is 11.5. The Bertz CT molecular complexity index is 616. The third kappa shape index (κ3) is 2.34. The van der Waals surface area contributed by atoms with Crippen LogP contribution in [-0.4, -0.2) is 13.0 Å². The third-order valence-electron chi connectivity index (χ3n) is 2.41. The molecule has 1 aromatic carbocycles.